The molecule has 0 unspecified atom stereocenters. The molecule has 2 aromatic carbocycles. The molecule has 0 aromatic heterocycles. The molecule has 0 aliphatic rings. The fourth-order valence-corrected chi connectivity index (χ4v) is 1.93. The van der Waals surface area contributed by atoms with E-state index < -0.39 is 0 Å². The van der Waals surface area contributed by atoms with Gasteiger partial charge in [0.05, 0.1) is 5.56 Å². The summed E-state index contributed by atoms with van der Waals surface area (Å²) in [6.07, 6.45) is 0.479. The predicted molar refractivity (Wildman–Crippen MR) is 77.1 cm³/mol. The molecule has 0 saturated heterocycles. The SMILES string of the molecule is CCC(=O)c1ccccc1Oc1cccc(C)c1C. The van der Waals surface area contributed by atoms with E-state index in [-0.39, 0.29) is 5.78 Å². The summed E-state index contributed by atoms with van der Waals surface area (Å²) in [6.45, 7) is 5.93. The maximum absolute atomic E-state index is 11.9. The van der Waals surface area contributed by atoms with Crippen LogP contribution in [0.1, 0.15) is 34.8 Å². The Balaban J connectivity index is 2.39. The van der Waals surface area contributed by atoms with Gasteiger partial charge in [-0.1, -0.05) is 31.2 Å². The van der Waals surface area contributed by atoms with E-state index in [1.165, 1.54) is 5.56 Å². The van der Waals surface area contributed by atoms with E-state index in [2.05, 4.69) is 0 Å². The van der Waals surface area contributed by atoms with Crippen LogP contribution in [0.2, 0.25) is 0 Å². The molecular weight excluding hydrogens is 236 g/mol. The number of ether oxygens (including phenoxy) is 1. The van der Waals surface area contributed by atoms with Crippen molar-refractivity contribution < 1.29 is 9.53 Å². The van der Waals surface area contributed by atoms with Gasteiger partial charge < -0.3 is 4.74 Å². The molecule has 0 atom stereocenters. The van der Waals surface area contributed by atoms with Gasteiger partial charge in [0.1, 0.15) is 11.5 Å². The monoisotopic (exact) mass is 254 g/mol. The van der Waals surface area contributed by atoms with E-state index in [9.17, 15) is 4.79 Å². The van der Waals surface area contributed by atoms with Crippen molar-refractivity contribution in [2.75, 3.05) is 0 Å². The first-order chi connectivity index (χ1) is 9.13. The summed E-state index contributed by atoms with van der Waals surface area (Å²) >= 11 is 0. The summed E-state index contributed by atoms with van der Waals surface area (Å²) in [5.41, 5.74) is 2.92. The van der Waals surface area contributed by atoms with Crippen molar-refractivity contribution in [3.05, 3.63) is 59.2 Å². The number of Topliss-reactive ketones (excluding diaryl/α,β-unsaturated/α-hetero) is 1. The Morgan fingerprint density at radius 2 is 1.68 bits per heavy atom. The van der Waals surface area contributed by atoms with Crippen molar-refractivity contribution in [3.8, 4) is 11.5 Å². The van der Waals surface area contributed by atoms with Gasteiger partial charge in [0.2, 0.25) is 0 Å². The van der Waals surface area contributed by atoms with Crippen LogP contribution in [0.25, 0.3) is 0 Å². The highest BCUT2D eigenvalue weighted by molar-refractivity contribution is 5.98. The second-order valence-corrected chi connectivity index (χ2v) is 4.57. The number of aryl methyl sites for hydroxylation is 1. The lowest BCUT2D eigenvalue weighted by molar-refractivity contribution is 0.0986. The van der Waals surface area contributed by atoms with Crippen LogP contribution < -0.4 is 4.74 Å². The van der Waals surface area contributed by atoms with Crippen molar-refractivity contribution in [1.29, 1.82) is 0 Å². The number of carbonyl (C=O) groups is 1. The molecule has 0 radical (unpaired) electrons. The van der Waals surface area contributed by atoms with E-state index in [0.29, 0.717) is 17.7 Å². The van der Waals surface area contributed by atoms with Gasteiger partial charge in [0.15, 0.2) is 5.78 Å². The van der Waals surface area contributed by atoms with E-state index in [4.69, 9.17) is 4.74 Å². The number of para-hydroxylation sites is 1. The highest BCUT2D eigenvalue weighted by Crippen LogP contribution is 2.29. The molecule has 0 aliphatic heterocycles. The second-order valence-electron chi connectivity index (χ2n) is 4.57. The van der Waals surface area contributed by atoms with Crippen molar-refractivity contribution in [1.82, 2.24) is 0 Å². The van der Waals surface area contributed by atoms with Gasteiger partial charge in [0.25, 0.3) is 0 Å². The van der Waals surface area contributed by atoms with Gasteiger partial charge in [0, 0.05) is 6.42 Å². The fraction of sp³-hybridized carbons (Fsp3) is 0.235. The second kappa shape index (κ2) is 5.70. The summed E-state index contributed by atoms with van der Waals surface area (Å²) in [6, 6.07) is 13.3. The molecule has 0 amide bonds. The summed E-state index contributed by atoms with van der Waals surface area (Å²) in [4.78, 5) is 11.9. The molecular formula is C17H18O2. The Hall–Kier alpha value is -2.09. The Labute approximate surface area is 114 Å². The Morgan fingerprint density at radius 3 is 2.42 bits per heavy atom. The van der Waals surface area contributed by atoms with Crippen LogP contribution in [-0.4, -0.2) is 5.78 Å². The third kappa shape index (κ3) is 2.84. The lowest BCUT2D eigenvalue weighted by atomic mass is 10.1. The molecule has 0 saturated carbocycles. The van der Waals surface area contributed by atoms with E-state index in [0.717, 1.165) is 11.3 Å². The Bertz CT molecular complexity index is 600. The third-order valence-electron chi connectivity index (χ3n) is 3.28. The number of benzene rings is 2. The summed E-state index contributed by atoms with van der Waals surface area (Å²) in [7, 11) is 0. The van der Waals surface area contributed by atoms with Gasteiger partial charge in [-0.3, -0.25) is 4.79 Å². The van der Waals surface area contributed by atoms with Crippen molar-refractivity contribution >= 4 is 5.78 Å². The zero-order valence-electron chi connectivity index (χ0n) is 11.6. The highest BCUT2D eigenvalue weighted by atomic mass is 16.5. The predicted octanol–water partition coefficient (Wildman–Crippen LogP) is 4.69. The summed E-state index contributed by atoms with van der Waals surface area (Å²) in [5.74, 6) is 1.53. The quantitative estimate of drug-likeness (QED) is 0.740. The van der Waals surface area contributed by atoms with Crippen LogP contribution in [-0.2, 0) is 0 Å². The van der Waals surface area contributed by atoms with Gasteiger partial charge in [-0.05, 0) is 43.2 Å². The molecule has 0 bridgehead atoms. The molecule has 0 spiro atoms. The molecule has 2 heteroatoms. The first-order valence-electron chi connectivity index (χ1n) is 6.49. The fourth-order valence-electron chi connectivity index (χ4n) is 1.93. The normalized spacial score (nSPS) is 10.3. The average Bonchev–Trinajstić information content (AvgIpc) is 2.43. The number of carbonyl (C=O) groups excluding carboxylic acids is 1. The van der Waals surface area contributed by atoms with Crippen LogP contribution in [0.15, 0.2) is 42.5 Å². The molecule has 2 nitrogen and oxygen atoms in total. The maximum atomic E-state index is 11.9. The van der Waals surface area contributed by atoms with E-state index >= 15 is 0 Å². The molecule has 19 heavy (non-hydrogen) atoms. The molecule has 0 fully saturated rings. The highest BCUT2D eigenvalue weighted by Gasteiger charge is 2.12. The van der Waals surface area contributed by atoms with Gasteiger partial charge in [-0.25, -0.2) is 0 Å². The molecule has 0 aliphatic carbocycles. The summed E-state index contributed by atoms with van der Waals surface area (Å²) in [5, 5.41) is 0. The average molecular weight is 254 g/mol. The Morgan fingerprint density at radius 1 is 1.00 bits per heavy atom. The minimum Gasteiger partial charge on any atom is -0.456 e. The van der Waals surface area contributed by atoms with Crippen molar-refractivity contribution in [2.45, 2.75) is 27.2 Å². The maximum Gasteiger partial charge on any atom is 0.166 e. The molecule has 0 heterocycles. The minimum absolute atomic E-state index is 0.0981. The first-order valence-corrected chi connectivity index (χ1v) is 6.49. The van der Waals surface area contributed by atoms with E-state index in [1.807, 2.05) is 63.2 Å². The van der Waals surface area contributed by atoms with E-state index in [1.54, 1.807) is 0 Å². The number of rotatable bonds is 4. The lowest BCUT2D eigenvalue weighted by Crippen LogP contribution is -2.00. The van der Waals surface area contributed by atoms with Crippen LogP contribution in [0.5, 0.6) is 11.5 Å². The van der Waals surface area contributed by atoms with Crippen LogP contribution in [0, 0.1) is 13.8 Å². The topological polar surface area (TPSA) is 26.3 Å². The van der Waals surface area contributed by atoms with Crippen LogP contribution in [0.4, 0.5) is 0 Å². The molecule has 2 aromatic rings. The molecule has 0 N–H and O–H groups in total. The van der Waals surface area contributed by atoms with Crippen molar-refractivity contribution in [3.63, 3.8) is 0 Å². The number of hydrogen-bond donors (Lipinski definition) is 0. The van der Waals surface area contributed by atoms with Crippen LogP contribution >= 0.6 is 0 Å². The Kier molecular flexibility index (Phi) is 4.00. The lowest BCUT2D eigenvalue weighted by Gasteiger charge is -2.13. The number of hydrogen-bond acceptors (Lipinski definition) is 2. The minimum atomic E-state index is 0.0981. The number of ketones is 1. The molecule has 2 rings (SSSR count). The smallest absolute Gasteiger partial charge is 0.166 e. The zero-order chi connectivity index (χ0) is 13.8. The standard InChI is InChI=1S/C17H18O2/c1-4-15(18)14-9-5-6-10-17(14)19-16-11-7-8-12(2)13(16)3/h5-11H,4H2,1-3H3. The van der Waals surface area contributed by atoms with Gasteiger partial charge in [-0.15, -0.1) is 0 Å². The first kappa shape index (κ1) is 13.3. The van der Waals surface area contributed by atoms with Crippen LogP contribution in [0.3, 0.4) is 0 Å². The van der Waals surface area contributed by atoms with Gasteiger partial charge >= 0.3 is 0 Å². The van der Waals surface area contributed by atoms with Gasteiger partial charge in [-0.2, -0.15) is 0 Å². The third-order valence-corrected chi connectivity index (χ3v) is 3.28. The molecule has 98 valence electrons. The zero-order valence-corrected chi connectivity index (χ0v) is 11.6. The summed E-state index contributed by atoms with van der Waals surface area (Å²) < 4.78 is 5.92. The largest absolute Gasteiger partial charge is 0.456 e. The van der Waals surface area contributed by atoms with Crippen molar-refractivity contribution in [2.24, 2.45) is 0 Å².